The van der Waals surface area contributed by atoms with Gasteiger partial charge in [0.2, 0.25) is 10.0 Å². The Labute approximate surface area is 127 Å². The Balaban J connectivity index is 2.64. The molecule has 122 valence electrons. The van der Waals surface area contributed by atoms with E-state index in [1.807, 2.05) is 0 Å². The van der Waals surface area contributed by atoms with E-state index in [0.717, 1.165) is 26.1 Å². The predicted octanol–water partition coefficient (Wildman–Crippen LogP) is 0.448. The molecule has 7 nitrogen and oxygen atoms in total. The van der Waals surface area contributed by atoms with Crippen molar-refractivity contribution in [3.63, 3.8) is 0 Å². The van der Waals surface area contributed by atoms with Gasteiger partial charge in [-0.15, -0.1) is 0 Å². The monoisotopic (exact) mass is 317 g/mol. The van der Waals surface area contributed by atoms with Gasteiger partial charge in [0.05, 0.1) is 11.4 Å². The second kappa shape index (κ2) is 8.47. The van der Waals surface area contributed by atoms with Crippen molar-refractivity contribution >= 4 is 10.0 Å². The molecule has 1 aromatic heterocycles. The van der Waals surface area contributed by atoms with Gasteiger partial charge in [-0.05, 0) is 40.0 Å². The highest BCUT2D eigenvalue weighted by atomic mass is 32.2. The molecule has 0 aliphatic rings. The molecule has 0 saturated carbocycles. The van der Waals surface area contributed by atoms with E-state index in [0.29, 0.717) is 24.5 Å². The first kappa shape index (κ1) is 18.1. The smallest absolute Gasteiger partial charge is 0.244 e. The van der Waals surface area contributed by atoms with Gasteiger partial charge in [-0.2, -0.15) is 5.10 Å². The Morgan fingerprint density at radius 3 is 2.52 bits per heavy atom. The minimum absolute atomic E-state index is 0.264. The molecule has 21 heavy (non-hydrogen) atoms. The number of hydrogen-bond donors (Lipinski definition) is 3. The van der Waals surface area contributed by atoms with Crippen molar-refractivity contribution in [1.82, 2.24) is 25.1 Å². The summed E-state index contributed by atoms with van der Waals surface area (Å²) in [6.45, 7) is 9.63. The zero-order valence-electron chi connectivity index (χ0n) is 13.4. The molecule has 1 heterocycles. The molecule has 0 bridgehead atoms. The van der Waals surface area contributed by atoms with Crippen LogP contribution in [0.3, 0.4) is 0 Å². The van der Waals surface area contributed by atoms with E-state index in [2.05, 4.69) is 39.0 Å². The minimum atomic E-state index is -3.51. The Hall–Kier alpha value is -0.960. The number of aromatic amines is 1. The normalized spacial score (nSPS) is 12.2. The SMILES string of the molecule is CCN(CC)CCCNS(=O)(=O)c1c(CNC)n[nH]c1C. The van der Waals surface area contributed by atoms with E-state index in [1.54, 1.807) is 14.0 Å². The van der Waals surface area contributed by atoms with Crippen LogP contribution >= 0.6 is 0 Å². The number of sulfonamides is 1. The first-order chi connectivity index (χ1) is 9.96. The van der Waals surface area contributed by atoms with Crippen molar-refractivity contribution in [3.05, 3.63) is 11.4 Å². The summed E-state index contributed by atoms with van der Waals surface area (Å²) in [4.78, 5) is 2.53. The minimum Gasteiger partial charge on any atom is -0.314 e. The third-order valence-corrected chi connectivity index (χ3v) is 5.08. The van der Waals surface area contributed by atoms with Crippen molar-refractivity contribution in [1.29, 1.82) is 0 Å². The molecule has 1 rings (SSSR count). The van der Waals surface area contributed by atoms with Gasteiger partial charge in [0.15, 0.2) is 0 Å². The third-order valence-electron chi connectivity index (χ3n) is 3.41. The summed E-state index contributed by atoms with van der Waals surface area (Å²) >= 11 is 0. The van der Waals surface area contributed by atoms with Gasteiger partial charge in [0, 0.05) is 13.1 Å². The zero-order valence-corrected chi connectivity index (χ0v) is 14.2. The first-order valence-electron chi connectivity index (χ1n) is 7.36. The van der Waals surface area contributed by atoms with Gasteiger partial charge in [-0.1, -0.05) is 13.8 Å². The summed E-state index contributed by atoms with van der Waals surface area (Å²) in [6.07, 6.45) is 0.791. The Kier molecular flexibility index (Phi) is 7.30. The quantitative estimate of drug-likeness (QED) is 0.545. The average Bonchev–Trinajstić information content (AvgIpc) is 2.81. The van der Waals surface area contributed by atoms with Gasteiger partial charge < -0.3 is 10.2 Å². The topological polar surface area (TPSA) is 90.1 Å². The summed E-state index contributed by atoms with van der Waals surface area (Å²) in [7, 11) is -1.75. The Morgan fingerprint density at radius 1 is 1.29 bits per heavy atom. The van der Waals surface area contributed by atoms with E-state index >= 15 is 0 Å². The lowest BCUT2D eigenvalue weighted by atomic mass is 10.4. The van der Waals surface area contributed by atoms with Crippen LogP contribution in [0.5, 0.6) is 0 Å². The lowest BCUT2D eigenvalue weighted by Gasteiger charge is -2.17. The largest absolute Gasteiger partial charge is 0.314 e. The highest BCUT2D eigenvalue weighted by Crippen LogP contribution is 2.17. The van der Waals surface area contributed by atoms with Crippen molar-refractivity contribution in [2.24, 2.45) is 0 Å². The van der Waals surface area contributed by atoms with Gasteiger partial charge in [0.1, 0.15) is 4.90 Å². The molecule has 8 heteroatoms. The maximum atomic E-state index is 12.4. The van der Waals surface area contributed by atoms with Crippen LogP contribution in [-0.4, -0.2) is 56.7 Å². The lowest BCUT2D eigenvalue weighted by Crippen LogP contribution is -2.30. The molecular formula is C13H27N5O2S. The Bertz CT molecular complexity index is 523. The van der Waals surface area contributed by atoms with Crippen molar-refractivity contribution in [2.45, 2.75) is 38.6 Å². The van der Waals surface area contributed by atoms with Crippen LogP contribution in [0.2, 0.25) is 0 Å². The molecule has 0 aromatic carbocycles. The van der Waals surface area contributed by atoms with Crippen LogP contribution in [-0.2, 0) is 16.6 Å². The summed E-state index contributed by atoms with van der Waals surface area (Å²) in [6, 6.07) is 0. The predicted molar refractivity (Wildman–Crippen MR) is 83.7 cm³/mol. The molecule has 0 fully saturated rings. The number of nitrogens with one attached hydrogen (secondary N) is 3. The number of aryl methyl sites for hydroxylation is 1. The van der Waals surface area contributed by atoms with E-state index in [9.17, 15) is 8.42 Å². The highest BCUT2D eigenvalue weighted by Gasteiger charge is 2.23. The molecule has 0 radical (unpaired) electrons. The molecule has 0 atom stereocenters. The van der Waals surface area contributed by atoms with Gasteiger partial charge in [0.25, 0.3) is 0 Å². The van der Waals surface area contributed by atoms with E-state index in [-0.39, 0.29) is 4.90 Å². The molecule has 3 N–H and O–H groups in total. The number of aromatic nitrogens is 2. The molecule has 1 aromatic rings. The van der Waals surface area contributed by atoms with Crippen molar-refractivity contribution < 1.29 is 8.42 Å². The molecule has 0 aliphatic carbocycles. The van der Waals surface area contributed by atoms with Crippen LogP contribution in [0.4, 0.5) is 0 Å². The van der Waals surface area contributed by atoms with Crippen molar-refractivity contribution in [2.75, 3.05) is 33.2 Å². The number of rotatable bonds is 10. The summed E-state index contributed by atoms with van der Waals surface area (Å²) in [5.74, 6) is 0. The van der Waals surface area contributed by atoms with Crippen LogP contribution in [0, 0.1) is 6.92 Å². The maximum absolute atomic E-state index is 12.4. The summed E-state index contributed by atoms with van der Waals surface area (Å²) < 4.78 is 27.4. The molecule has 0 spiro atoms. The maximum Gasteiger partial charge on any atom is 0.244 e. The standard InChI is InChI=1S/C13H27N5O2S/c1-5-18(6-2)9-7-8-15-21(19,20)13-11(3)16-17-12(13)10-14-4/h14-15H,5-10H2,1-4H3,(H,16,17). The molecular weight excluding hydrogens is 290 g/mol. The first-order valence-corrected chi connectivity index (χ1v) is 8.85. The lowest BCUT2D eigenvalue weighted by molar-refractivity contribution is 0.300. The fourth-order valence-electron chi connectivity index (χ4n) is 2.23. The molecule has 0 unspecified atom stereocenters. The zero-order chi connectivity index (χ0) is 15.9. The fraction of sp³-hybridized carbons (Fsp3) is 0.769. The van der Waals surface area contributed by atoms with E-state index < -0.39 is 10.0 Å². The van der Waals surface area contributed by atoms with Crippen LogP contribution in [0.1, 0.15) is 31.7 Å². The van der Waals surface area contributed by atoms with Gasteiger partial charge >= 0.3 is 0 Å². The van der Waals surface area contributed by atoms with Crippen LogP contribution < -0.4 is 10.0 Å². The number of nitrogens with zero attached hydrogens (tertiary/aromatic N) is 2. The van der Waals surface area contributed by atoms with Crippen molar-refractivity contribution in [3.8, 4) is 0 Å². The van der Waals surface area contributed by atoms with E-state index in [4.69, 9.17) is 0 Å². The molecule has 0 amide bonds. The number of H-pyrrole nitrogens is 1. The van der Waals surface area contributed by atoms with Crippen LogP contribution in [0.25, 0.3) is 0 Å². The van der Waals surface area contributed by atoms with Gasteiger partial charge in [-0.3, -0.25) is 5.10 Å². The summed E-state index contributed by atoms with van der Waals surface area (Å²) in [5.41, 5.74) is 1.09. The molecule has 0 saturated heterocycles. The second-order valence-corrected chi connectivity index (χ2v) is 6.64. The van der Waals surface area contributed by atoms with Gasteiger partial charge in [-0.25, -0.2) is 13.1 Å². The average molecular weight is 317 g/mol. The summed E-state index contributed by atoms with van der Waals surface area (Å²) in [5, 5.41) is 9.70. The third kappa shape index (κ3) is 5.06. The van der Waals surface area contributed by atoms with Crippen LogP contribution in [0.15, 0.2) is 4.90 Å². The second-order valence-electron chi connectivity index (χ2n) is 4.93. The number of hydrogen-bond acceptors (Lipinski definition) is 5. The highest BCUT2D eigenvalue weighted by molar-refractivity contribution is 7.89. The Morgan fingerprint density at radius 2 is 1.95 bits per heavy atom. The fourth-order valence-corrected chi connectivity index (χ4v) is 3.67. The van der Waals surface area contributed by atoms with E-state index in [1.165, 1.54) is 0 Å². The molecule has 0 aliphatic heterocycles.